The Morgan fingerprint density at radius 3 is 2.95 bits per heavy atom. The van der Waals surface area contributed by atoms with E-state index in [1.54, 1.807) is 30.7 Å². The van der Waals surface area contributed by atoms with Crippen molar-refractivity contribution in [3.8, 4) is 5.75 Å². The molecule has 6 nitrogen and oxygen atoms in total. The number of hydrogen-bond acceptors (Lipinski definition) is 4. The van der Waals surface area contributed by atoms with Crippen LogP contribution in [0.1, 0.15) is 24.1 Å². The first kappa shape index (κ1) is 14.1. The maximum Gasteiger partial charge on any atom is 0.325 e. The van der Waals surface area contributed by atoms with Gasteiger partial charge in [0.1, 0.15) is 11.8 Å². The van der Waals surface area contributed by atoms with Crippen molar-refractivity contribution in [2.24, 2.45) is 5.73 Å². The molecule has 0 aliphatic heterocycles. The fourth-order valence-corrected chi connectivity index (χ4v) is 1.93. The predicted molar refractivity (Wildman–Crippen MR) is 73.5 cm³/mol. The molecule has 0 saturated heterocycles. The molecule has 0 aliphatic rings. The average molecular weight is 275 g/mol. The van der Waals surface area contributed by atoms with Gasteiger partial charge in [-0.25, -0.2) is 4.98 Å². The number of aromatic nitrogens is 2. The molecule has 0 fully saturated rings. The highest BCUT2D eigenvalue weighted by molar-refractivity contribution is 5.75. The Labute approximate surface area is 116 Å². The maximum atomic E-state index is 11.0. The topological polar surface area (TPSA) is 90.4 Å². The van der Waals surface area contributed by atoms with Gasteiger partial charge in [0.05, 0.1) is 19.5 Å². The first-order valence-corrected chi connectivity index (χ1v) is 6.31. The van der Waals surface area contributed by atoms with Gasteiger partial charge in [0.15, 0.2) is 0 Å². The Hall–Kier alpha value is -2.34. The second kappa shape index (κ2) is 6.21. The lowest BCUT2D eigenvalue weighted by Crippen LogP contribution is -2.21. The Morgan fingerprint density at radius 2 is 2.35 bits per heavy atom. The van der Waals surface area contributed by atoms with E-state index in [0.717, 1.165) is 11.3 Å². The number of carboxylic acids is 1. The van der Waals surface area contributed by atoms with Gasteiger partial charge >= 0.3 is 5.97 Å². The third kappa shape index (κ3) is 3.16. The van der Waals surface area contributed by atoms with Crippen molar-refractivity contribution < 1.29 is 14.6 Å². The molecule has 1 aromatic carbocycles. The van der Waals surface area contributed by atoms with Gasteiger partial charge < -0.3 is 20.1 Å². The van der Waals surface area contributed by atoms with Crippen LogP contribution in [0.25, 0.3) is 0 Å². The summed E-state index contributed by atoms with van der Waals surface area (Å²) in [5.74, 6) is -0.328. The minimum Gasteiger partial charge on any atom is -0.494 e. The molecular weight excluding hydrogens is 258 g/mol. The third-order valence-corrected chi connectivity index (χ3v) is 2.92. The average Bonchev–Trinajstić information content (AvgIpc) is 2.93. The third-order valence-electron chi connectivity index (χ3n) is 2.92. The van der Waals surface area contributed by atoms with E-state index < -0.39 is 12.0 Å². The van der Waals surface area contributed by atoms with Gasteiger partial charge in [0.2, 0.25) is 0 Å². The molecule has 0 spiro atoms. The zero-order valence-corrected chi connectivity index (χ0v) is 11.2. The number of hydrogen-bond donors (Lipinski definition) is 2. The molecule has 20 heavy (non-hydrogen) atoms. The smallest absolute Gasteiger partial charge is 0.325 e. The van der Waals surface area contributed by atoms with Crippen molar-refractivity contribution in [1.29, 1.82) is 0 Å². The molecule has 1 atom stereocenters. The highest BCUT2D eigenvalue weighted by Crippen LogP contribution is 2.24. The monoisotopic (exact) mass is 275 g/mol. The second-order valence-electron chi connectivity index (χ2n) is 4.35. The Morgan fingerprint density at radius 1 is 1.55 bits per heavy atom. The molecule has 1 heterocycles. The molecule has 3 N–H and O–H groups in total. The SMILES string of the molecule is CCOc1ccc([C@H](N)C(=O)O)cc1Cn1ccnc1. The Kier molecular flexibility index (Phi) is 4.37. The van der Waals surface area contributed by atoms with Gasteiger partial charge in [-0.05, 0) is 24.6 Å². The summed E-state index contributed by atoms with van der Waals surface area (Å²) in [6, 6.07) is 4.17. The van der Waals surface area contributed by atoms with E-state index in [-0.39, 0.29) is 0 Å². The zero-order chi connectivity index (χ0) is 14.5. The number of carbonyl (C=O) groups is 1. The van der Waals surface area contributed by atoms with Crippen LogP contribution >= 0.6 is 0 Å². The molecule has 0 radical (unpaired) electrons. The summed E-state index contributed by atoms with van der Waals surface area (Å²) in [6.45, 7) is 2.99. The van der Waals surface area contributed by atoms with Gasteiger partial charge in [-0.1, -0.05) is 6.07 Å². The van der Waals surface area contributed by atoms with Crippen LogP contribution in [-0.2, 0) is 11.3 Å². The van der Waals surface area contributed by atoms with Crippen LogP contribution in [0.4, 0.5) is 0 Å². The molecule has 2 aromatic rings. The minimum atomic E-state index is -1.05. The van der Waals surface area contributed by atoms with Crippen LogP contribution < -0.4 is 10.5 Å². The lowest BCUT2D eigenvalue weighted by molar-refractivity contribution is -0.138. The summed E-state index contributed by atoms with van der Waals surface area (Å²) in [5.41, 5.74) is 7.07. The highest BCUT2D eigenvalue weighted by atomic mass is 16.5. The fourth-order valence-electron chi connectivity index (χ4n) is 1.93. The number of rotatable bonds is 6. The number of imidazole rings is 1. The standard InChI is InChI=1S/C14H17N3O3/c1-2-20-12-4-3-10(13(15)14(18)19)7-11(12)8-17-6-5-16-9-17/h3-7,9,13H,2,8,15H2,1H3,(H,18,19)/t13-/m0/s1. The first-order valence-electron chi connectivity index (χ1n) is 6.31. The number of benzene rings is 1. The number of aliphatic carboxylic acids is 1. The number of ether oxygens (including phenoxy) is 1. The van der Waals surface area contributed by atoms with Gasteiger partial charge in [-0.3, -0.25) is 4.79 Å². The summed E-state index contributed by atoms with van der Waals surface area (Å²) in [5, 5.41) is 8.98. The van der Waals surface area contributed by atoms with Crippen molar-refractivity contribution in [2.75, 3.05) is 6.61 Å². The second-order valence-corrected chi connectivity index (χ2v) is 4.35. The van der Waals surface area contributed by atoms with E-state index in [9.17, 15) is 4.79 Å². The largest absolute Gasteiger partial charge is 0.494 e. The van der Waals surface area contributed by atoms with E-state index in [0.29, 0.717) is 18.7 Å². The van der Waals surface area contributed by atoms with Crippen LogP contribution in [0.5, 0.6) is 5.75 Å². The van der Waals surface area contributed by atoms with Crippen LogP contribution in [-0.4, -0.2) is 27.2 Å². The van der Waals surface area contributed by atoms with Crippen LogP contribution in [0.3, 0.4) is 0 Å². The van der Waals surface area contributed by atoms with Crippen LogP contribution in [0, 0.1) is 0 Å². The lowest BCUT2D eigenvalue weighted by Gasteiger charge is -2.14. The molecular formula is C14H17N3O3. The van der Waals surface area contributed by atoms with Crippen LogP contribution in [0.15, 0.2) is 36.9 Å². The Bertz CT molecular complexity index is 581. The zero-order valence-electron chi connectivity index (χ0n) is 11.2. The number of nitrogens with zero attached hydrogens (tertiary/aromatic N) is 2. The molecule has 0 aliphatic carbocycles. The van der Waals surface area contributed by atoms with Crippen molar-refractivity contribution in [1.82, 2.24) is 9.55 Å². The quantitative estimate of drug-likeness (QED) is 0.832. The Balaban J connectivity index is 2.33. The van der Waals surface area contributed by atoms with E-state index in [4.69, 9.17) is 15.6 Å². The molecule has 0 unspecified atom stereocenters. The van der Waals surface area contributed by atoms with E-state index >= 15 is 0 Å². The summed E-state index contributed by atoms with van der Waals surface area (Å²) in [4.78, 5) is 15.0. The van der Waals surface area contributed by atoms with Crippen molar-refractivity contribution in [3.63, 3.8) is 0 Å². The molecule has 1 aromatic heterocycles. The van der Waals surface area contributed by atoms with E-state index in [1.807, 2.05) is 17.7 Å². The lowest BCUT2D eigenvalue weighted by atomic mass is 10.0. The first-order chi connectivity index (χ1) is 9.61. The normalized spacial score (nSPS) is 12.1. The fraction of sp³-hybridized carbons (Fsp3) is 0.286. The summed E-state index contributed by atoms with van der Waals surface area (Å²) in [7, 11) is 0. The van der Waals surface area contributed by atoms with Gasteiger partial charge in [0, 0.05) is 18.0 Å². The van der Waals surface area contributed by atoms with Crippen molar-refractivity contribution in [3.05, 3.63) is 48.0 Å². The molecule has 0 bridgehead atoms. The van der Waals surface area contributed by atoms with Crippen molar-refractivity contribution >= 4 is 5.97 Å². The van der Waals surface area contributed by atoms with Crippen molar-refractivity contribution in [2.45, 2.75) is 19.5 Å². The molecule has 0 amide bonds. The molecule has 0 saturated carbocycles. The predicted octanol–water partition coefficient (Wildman–Crippen LogP) is 1.41. The summed E-state index contributed by atoms with van der Waals surface area (Å²) in [6.07, 6.45) is 5.21. The van der Waals surface area contributed by atoms with Gasteiger partial charge in [-0.15, -0.1) is 0 Å². The highest BCUT2D eigenvalue weighted by Gasteiger charge is 2.16. The molecule has 106 valence electrons. The van der Waals surface area contributed by atoms with E-state index in [1.165, 1.54) is 0 Å². The van der Waals surface area contributed by atoms with E-state index in [2.05, 4.69) is 4.98 Å². The molecule has 2 rings (SSSR count). The van der Waals surface area contributed by atoms with Crippen LogP contribution in [0.2, 0.25) is 0 Å². The molecule has 6 heteroatoms. The number of nitrogens with two attached hydrogens (primary N) is 1. The maximum absolute atomic E-state index is 11.0. The minimum absolute atomic E-state index is 0.543. The number of carboxylic acid groups (broad SMARTS) is 1. The van der Waals surface area contributed by atoms with Gasteiger partial charge in [-0.2, -0.15) is 0 Å². The summed E-state index contributed by atoms with van der Waals surface area (Å²) < 4.78 is 7.44. The van der Waals surface area contributed by atoms with Gasteiger partial charge in [0.25, 0.3) is 0 Å². The summed E-state index contributed by atoms with van der Waals surface area (Å²) >= 11 is 0.